The average molecular weight is 290 g/mol. The van der Waals surface area contributed by atoms with Gasteiger partial charge in [-0.1, -0.05) is 12.1 Å². The zero-order valence-corrected chi connectivity index (χ0v) is 12.9. The summed E-state index contributed by atoms with van der Waals surface area (Å²) in [5.41, 5.74) is 6.81. The molecule has 0 bridgehead atoms. The van der Waals surface area contributed by atoms with Crippen LogP contribution in [0.25, 0.3) is 0 Å². The third kappa shape index (κ3) is 4.74. The van der Waals surface area contributed by atoms with Crippen LogP contribution in [0.4, 0.5) is 0 Å². The van der Waals surface area contributed by atoms with Gasteiger partial charge in [-0.15, -0.1) is 0 Å². The minimum absolute atomic E-state index is 0.271. The van der Waals surface area contributed by atoms with Gasteiger partial charge in [-0.2, -0.15) is 0 Å². The van der Waals surface area contributed by atoms with Gasteiger partial charge < -0.3 is 15.4 Å². The van der Waals surface area contributed by atoms with E-state index in [0.717, 1.165) is 44.6 Å². The van der Waals surface area contributed by atoms with E-state index in [4.69, 9.17) is 10.5 Å². The van der Waals surface area contributed by atoms with Crippen molar-refractivity contribution in [2.24, 2.45) is 11.7 Å². The van der Waals surface area contributed by atoms with Crippen molar-refractivity contribution < 1.29 is 9.53 Å². The fraction of sp³-hybridized carbons (Fsp3) is 0.588. The standard InChI is InChI=1S/C17H26N2O2/c1-21-16-7-4-14(5-8-16)6-9-17(20)19-12-2-3-15(13-19)10-11-18/h4-5,7-8,15H,2-3,6,9-13,18H2,1H3. The summed E-state index contributed by atoms with van der Waals surface area (Å²) in [7, 11) is 1.66. The first-order valence-corrected chi connectivity index (χ1v) is 7.83. The maximum Gasteiger partial charge on any atom is 0.222 e. The van der Waals surface area contributed by atoms with E-state index in [2.05, 4.69) is 0 Å². The number of carbonyl (C=O) groups excluding carboxylic acids is 1. The number of hydrogen-bond acceptors (Lipinski definition) is 3. The molecule has 1 atom stereocenters. The number of hydrogen-bond donors (Lipinski definition) is 1. The molecule has 116 valence electrons. The molecule has 1 amide bonds. The monoisotopic (exact) mass is 290 g/mol. The highest BCUT2D eigenvalue weighted by Gasteiger charge is 2.22. The highest BCUT2D eigenvalue weighted by atomic mass is 16.5. The summed E-state index contributed by atoms with van der Waals surface area (Å²) in [4.78, 5) is 14.3. The minimum Gasteiger partial charge on any atom is -0.497 e. The molecule has 1 fully saturated rings. The second-order valence-electron chi connectivity index (χ2n) is 5.77. The first-order valence-electron chi connectivity index (χ1n) is 7.83. The van der Waals surface area contributed by atoms with Gasteiger partial charge in [-0.25, -0.2) is 0 Å². The lowest BCUT2D eigenvalue weighted by Gasteiger charge is -2.32. The third-order valence-electron chi connectivity index (χ3n) is 4.23. The number of aryl methyl sites for hydroxylation is 1. The van der Waals surface area contributed by atoms with Crippen LogP contribution in [0.15, 0.2) is 24.3 Å². The number of ether oxygens (including phenoxy) is 1. The first-order chi connectivity index (χ1) is 10.2. The maximum absolute atomic E-state index is 12.3. The van der Waals surface area contributed by atoms with Crippen LogP contribution in [0, 0.1) is 5.92 Å². The summed E-state index contributed by atoms with van der Waals surface area (Å²) in [6.07, 6.45) is 4.73. The van der Waals surface area contributed by atoms with Crippen molar-refractivity contribution in [1.29, 1.82) is 0 Å². The number of methoxy groups -OCH3 is 1. The quantitative estimate of drug-likeness (QED) is 0.874. The normalized spacial score (nSPS) is 18.6. The summed E-state index contributed by atoms with van der Waals surface area (Å²) in [6, 6.07) is 7.94. The topological polar surface area (TPSA) is 55.6 Å². The Kier molecular flexibility index (Phi) is 6.05. The van der Waals surface area contributed by atoms with E-state index >= 15 is 0 Å². The van der Waals surface area contributed by atoms with Gasteiger partial charge in [0.2, 0.25) is 5.91 Å². The second-order valence-corrected chi connectivity index (χ2v) is 5.77. The highest BCUT2D eigenvalue weighted by molar-refractivity contribution is 5.76. The molecular formula is C17H26N2O2. The van der Waals surface area contributed by atoms with Gasteiger partial charge in [0.1, 0.15) is 5.75 Å². The van der Waals surface area contributed by atoms with E-state index in [1.165, 1.54) is 12.0 Å². The lowest BCUT2D eigenvalue weighted by atomic mass is 9.94. The average Bonchev–Trinajstić information content (AvgIpc) is 2.53. The van der Waals surface area contributed by atoms with Crippen LogP contribution in [-0.2, 0) is 11.2 Å². The molecule has 1 aromatic carbocycles. The summed E-state index contributed by atoms with van der Waals surface area (Å²) in [5.74, 6) is 1.71. The Morgan fingerprint density at radius 1 is 1.38 bits per heavy atom. The Labute approximate surface area is 127 Å². The van der Waals surface area contributed by atoms with Crippen LogP contribution in [0.2, 0.25) is 0 Å². The van der Waals surface area contributed by atoms with Crippen molar-refractivity contribution in [3.8, 4) is 5.75 Å². The van der Waals surface area contributed by atoms with E-state index in [1.54, 1.807) is 7.11 Å². The molecule has 0 saturated carbocycles. The van der Waals surface area contributed by atoms with Crippen LogP contribution in [0.3, 0.4) is 0 Å². The van der Waals surface area contributed by atoms with Crippen LogP contribution >= 0.6 is 0 Å². The molecule has 1 saturated heterocycles. The van der Waals surface area contributed by atoms with E-state index in [9.17, 15) is 4.79 Å². The number of nitrogens with two attached hydrogens (primary N) is 1. The molecule has 0 spiro atoms. The predicted octanol–water partition coefficient (Wildman–Crippen LogP) is 2.22. The fourth-order valence-electron chi connectivity index (χ4n) is 2.96. The van der Waals surface area contributed by atoms with Crippen molar-refractivity contribution >= 4 is 5.91 Å². The Balaban J connectivity index is 1.80. The first kappa shape index (κ1) is 15.8. The summed E-state index contributed by atoms with van der Waals surface area (Å²) in [6.45, 7) is 2.51. The number of rotatable bonds is 6. The van der Waals surface area contributed by atoms with Crippen molar-refractivity contribution in [3.63, 3.8) is 0 Å². The number of carbonyl (C=O) groups is 1. The molecule has 1 unspecified atom stereocenters. The van der Waals surface area contributed by atoms with Crippen LogP contribution < -0.4 is 10.5 Å². The molecule has 0 radical (unpaired) electrons. The number of nitrogens with zero attached hydrogens (tertiary/aromatic N) is 1. The maximum atomic E-state index is 12.3. The zero-order valence-electron chi connectivity index (χ0n) is 12.9. The molecule has 1 aliphatic heterocycles. The zero-order chi connectivity index (χ0) is 15.1. The van der Waals surface area contributed by atoms with Crippen molar-refractivity contribution in [3.05, 3.63) is 29.8 Å². The second kappa shape index (κ2) is 8.03. The number of amides is 1. The molecule has 0 aromatic heterocycles. The summed E-state index contributed by atoms with van der Waals surface area (Å²) >= 11 is 0. The Morgan fingerprint density at radius 3 is 2.81 bits per heavy atom. The van der Waals surface area contributed by atoms with Gasteiger partial charge in [0, 0.05) is 19.5 Å². The van der Waals surface area contributed by atoms with Crippen LogP contribution in [-0.4, -0.2) is 37.6 Å². The largest absolute Gasteiger partial charge is 0.497 e. The van der Waals surface area contributed by atoms with Crippen molar-refractivity contribution in [1.82, 2.24) is 4.90 Å². The molecule has 1 heterocycles. The fourth-order valence-corrected chi connectivity index (χ4v) is 2.96. The molecule has 4 nitrogen and oxygen atoms in total. The molecule has 4 heteroatoms. The number of benzene rings is 1. The van der Waals surface area contributed by atoms with Crippen molar-refractivity contribution in [2.75, 3.05) is 26.7 Å². The van der Waals surface area contributed by atoms with Crippen LogP contribution in [0.1, 0.15) is 31.2 Å². The van der Waals surface area contributed by atoms with Gasteiger partial charge in [0.15, 0.2) is 0 Å². The third-order valence-corrected chi connectivity index (χ3v) is 4.23. The van der Waals surface area contributed by atoms with E-state index < -0.39 is 0 Å². The van der Waals surface area contributed by atoms with Gasteiger partial charge in [-0.05, 0) is 55.8 Å². The smallest absolute Gasteiger partial charge is 0.222 e. The van der Waals surface area contributed by atoms with Crippen LogP contribution in [0.5, 0.6) is 5.75 Å². The molecule has 2 rings (SSSR count). The number of piperidine rings is 1. The van der Waals surface area contributed by atoms with E-state index in [-0.39, 0.29) is 5.91 Å². The van der Waals surface area contributed by atoms with E-state index in [0.29, 0.717) is 12.3 Å². The van der Waals surface area contributed by atoms with Gasteiger partial charge >= 0.3 is 0 Å². The minimum atomic E-state index is 0.271. The van der Waals surface area contributed by atoms with Gasteiger partial charge in [0.25, 0.3) is 0 Å². The summed E-state index contributed by atoms with van der Waals surface area (Å²) in [5, 5.41) is 0. The Morgan fingerprint density at radius 2 is 2.14 bits per heavy atom. The molecule has 1 aromatic rings. The summed E-state index contributed by atoms with van der Waals surface area (Å²) < 4.78 is 5.14. The molecule has 21 heavy (non-hydrogen) atoms. The van der Waals surface area contributed by atoms with E-state index in [1.807, 2.05) is 29.2 Å². The molecular weight excluding hydrogens is 264 g/mol. The SMILES string of the molecule is COc1ccc(CCC(=O)N2CCCC(CCN)C2)cc1. The Hall–Kier alpha value is -1.55. The molecule has 1 aliphatic rings. The Bertz CT molecular complexity index is 443. The number of likely N-dealkylation sites (tertiary alicyclic amines) is 1. The van der Waals surface area contributed by atoms with Gasteiger partial charge in [0.05, 0.1) is 7.11 Å². The molecule has 0 aliphatic carbocycles. The van der Waals surface area contributed by atoms with Crippen molar-refractivity contribution in [2.45, 2.75) is 32.1 Å². The molecule has 2 N–H and O–H groups in total. The highest BCUT2D eigenvalue weighted by Crippen LogP contribution is 2.20. The lowest BCUT2D eigenvalue weighted by molar-refractivity contribution is -0.133. The predicted molar refractivity (Wildman–Crippen MR) is 84.3 cm³/mol. The van der Waals surface area contributed by atoms with Gasteiger partial charge in [-0.3, -0.25) is 4.79 Å². The lowest BCUT2D eigenvalue weighted by Crippen LogP contribution is -2.40.